The van der Waals surface area contributed by atoms with E-state index >= 15 is 0 Å². The summed E-state index contributed by atoms with van der Waals surface area (Å²) in [4.78, 5) is 12.7. The first-order valence-electron chi connectivity index (χ1n) is 8.35. The molecule has 134 valence electrons. The van der Waals surface area contributed by atoms with Gasteiger partial charge in [0.15, 0.2) is 0 Å². The Hall–Kier alpha value is -2.53. The largest absolute Gasteiger partial charge is 0.497 e. The summed E-state index contributed by atoms with van der Waals surface area (Å²) < 4.78 is 10.8. The van der Waals surface area contributed by atoms with Gasteiger partial charge in [0.05, 0.1) is 18.7 Å². The lowest BCUT2D eigenvalue weighted by atomic mass is 10.0. The highest BCUT2D eigenvalue weighted by atomic mass is 16.5. The van der Waals surface area contributed by atoms with Gasteiger partial charge >= 0.3 is 0 Å². The average Bonchev–Trinajstić information content (AvgIpc) is 2.61. The predicted molar refractivity (Wildman–Crippen MR) is 99.3 cm³/mol. The molecule has 0 saturated carbocycles. The molecular weight excluding hydrogens is 316 g/mol. The second kappa shape index (κ2) is 8.53. The van der Waals surface area contributed by atoms with Gasteiger partial charge < -0.3 is 20.5 Å². The minimum atomic E-state index is -0.194. The normalized spacial score (nSPS) is 11.7. The smallest absolute Gasteiger partial charge is 0.255 e. The number of hydrogen-bond acceptors (Lipinski definition) is 4. The molecule has 5 nitrogen and oxygen atoms in total. The van der Waals surface area contributed by atoms with E-state index in [1.54, 1.807) is 25.3 Å². The molecule has 0 aliphatic carbocycles. The van der Waals surface area contributed by atoms with E-state index in [1.807, 2.05) is 13.0 Å². The van der Waals surface area contributed by atoms with Gasteiger partial charge in [-0.25, -0.2) is 0 Å². The number of nitrogens with two attached hydrogens (primary N) is 1. The van der Waals surface area contributed by atoms with Gasteiger partial charge in [-0.15, -0.1) is 0 Å². The van der Waals surface area contributed by atoms with Crippen molar-refractivity contribution < 1.29 is 14.3 Å². The topological polar surface area (TPSA) is 73.6 Å². The van der Waals surface area contributed by atoms with Crippen molar-refractivity contribution in [3.05, 3.63) is 58.7 Å². The van der Waals surface area contributed by atoms with Crippen LogP contribution in [0.2, 0.25) is 0 Å². The number of rotatable bonds is 7. The van der Waals surface area contributed by atoms with E-state index in [-0.39, 0.29) is 11.9 Å². The number of hydrogen-bond donors (Lipinski definition) is 2. The van der Waals surface area contributed by atoms with Crippen molar-refractivity contribution in [1.82, 2.24) is 5.32 Å². The third-order valence-electron chi connectivity index (χ3n) is 4.19. The fourth-order valence-corrected chi connectivity index (χ4v) is 2.50. The Morgan fingerprint density at radius 1 is 1.16 bits per heavy atom. The molecule has 0 bridgehead atoms. The van der Waals surface area contributed by atoms with Gasteiger partial charge in [0.1, 0.15) is 18.1 Å². The summed E-state index contributed by atoms with van der Waals surface area (Å²) in [7, 11) is 1.57. The zero-order valence-corrected chi connectivity index (χ0v) is 15.3. The highest BCUT2D eigenvalue weighted by Crippen LogP contribution is 2.26. The summed E-state index contributed by atoms with van der Waals surface area (Å²) in [5.41, 5.74) is 9.46. The number of methoxy groups -OCH3 is 1. The maximum atomic E-state index is 12.7. The molecule has 0 saturated heterocycles. The van der Waals surface area contributed by atoms with E-state index in [4.69, 9.17) is 15.2 Å². The van der Waals surface area contributed by atoms with Crippen molar-refractivity contribution in [3.8, 4) is 11.5 Å². The van der Waals surface area contributed by atoms with Gasteiger partial charge in [0.25, 0.3) is 5.91 Å². The molecular formula is C20H26N2O3. The van der Waals surface area contributed by atoms with Crippen molar-refractivity contribution in [2.45, 2.75) is 26.8 Å². The quantitative estimate of drug-likeness (QED) is 0.811. The van der Waals surface area contributed by atoms with Crippen LogP contribution in [0, 0.1) is 13.8 Å². The fraction of sp³-hybridized carbons (Fsp3) is 0.350. The Balaban J connectivity index is 2.19. The highest BCUT2D eigenvalue weighted by molar-refractivity contribution is 5.97. The molecule has 2 aromatic carbocycles. The number of ether oxygens (including phenoxy) is 2. The molecule has 2 aromatic rings. The van der Waals surface area contributed by atoms with Crippen molar-refractivity contribution in [1.29, 1.82) is 0 Å². The summed E-state index contributed by atoms with van der Waals surface area (Å²) in [5, 5.41) is 3.02. The van der Waals surface area contributed by atoms with E-state index in [9.17, 15) is 4.79 Å². The van der Waals surface area contributed by atoms with Crippen molar-refractivity contribution in [3.63, 3.8) is 0 Å². The molecule has 0 fully saturated rings. The van der Waals surface area contributed by atoms with Crippen LogP contribution in [-0.2, 0) is 0 Å². The lowest BCUT2D eigenvalue weighted by Gasteiger charge is -2.18. The van der Waals surface area contributed by atoms with Crippen molar-refractivity contribution >= 4 is 5.91 Å². The Labute approximate surface area is 149 Å². The summed E-state index contributed by atoms with van der Waals surface area (Å²) in [6, 6.07) is 11.2. The monoisotopic (exact) mass is 342 g/mol. The average molecular weight is 342 g/mol. The molecule has 0 aromatic heterocycles. The number of amides is 1. The number of carbonyl (C=O) groups excluding carboxylic acids is 1. The van der Waals surface area contributed by atoms with E-state index in [0.29, 0.717) is 30.2 Å². The molecule has 2 rings (SSSR count). The van der Waals surface area contributed by atoms with Crippen LogP contribution in [0.3, 0.4) is 0 Å². The molecule has 5 heteroatoms. The number of benzene rings is 2. The zero-order chi connectivity index (χ0) is 18.4. The van der Waals surface area contributed by atoms with Crippen LogP contribution in [0.4, 0.5) is 0 Å². The van der Waals surface area contributed by atoms with Crippen LogP contribution in [-0.4, -0.2) is 26.2 Å². The number of carbonyl (C=O) groups is 1. The van der Waals surface area contributed by atoms with Gasteiger partial charge in [0.2, 0.25) is 0 Å². The first-order valence-corrected chi connectivity index (χ1v) is 8.35. The van der Waals surface area contributed by atoms with Crippen LogP contribution in [0.5, 0.6) is 11.5 Å². The highest BCUT2D eigenvalue weighted by Gasteiger charge is 2.17. The summed E-state index contributed by atoms with van der Waals surface area (Å²) >= 11 is 0. The van der Waals surface area contributed by atoms with Crippen LogP contribution in [0.15, 0.2) is 36.4 Å². The van der Waals surface area contributed by atoms with E-state index in [0.717, 1.165) is 5.56 Å². The Kier molecular flexibility index (Phi) is 6.42. The molecule has 1 atom stereocenters. The third-order valence-corrected chi connectivity index (χ3v) is 4.19. The molecule has 0 spiro atoms. The molecule has 0 aliphatic heterocycles. The second-order valence-corrected chi connectivity index (χ2v) is 6.04. The molecule has 0 radical (unpaired) electrons. The fourth-order valence-electron chi connectivity index (χ4n) is 2.50. The van der Waals surface area contributed by atoms with Crippen molar-refractivity contribution in [2.24, 2.45) is 5.73 Å². The zero-order valence-electron chi connectivity index (χ0n) is 15.3. The lowest BCUT2D eigenvalue weighted by Crippen LogP contribution is -2.27. The molecule has 25 heavy (non-hydrogen) atoms. The van der Waals surface area contributed by atoms with Gasteiger partial charge in [-0.2, -0.15) is 0 Å². The van der Waals surface area contributed by atoms with Gasteiger partial charge in [-0.05, 0) is 49.6 Å². The molecule has 1 unspecified atom stereocenters. The van der Waals surface area contributed by atoms with Crippen LogP contribution < -0.4 is 20.5 Å². The second-order valence-electron chi connectivity index (χ2n) is 6.04. The molecule has 3 N–H and O–H groups in total. The summed E-state index contributed by atoms with van der Waals surface area (Å²) in [6.45, 7) is 6.81. The first kappa shape index (κ1) is 18.8. The summed E-state index contributed by atoms with van der Waals surface area (Å²) in [6.07, 6.45) is 0. The Bertz CT molecular complexity index is 744. The lowest BCUT2D eigenvalue weighted by molar-refractivity contribution is 0.0936. The maximum Gasteiger partial charge on any atom is 0.255 e. The van der Waals surface area contributed by atoms with Crippen LogP contribution in [0.1, 0.15) is 40.0 Å². The van der Waals surface area contributed by atoms with E-state index in [2.05, 4.69) is 31.3 Å². The van der Waals surface area contributed by atoms with Crippen LogP contribution in [0.25, 0.3) is 0 Å². The van der Waals surface area contributed by atoms with Crippen molar-refractivity contribution in [2.75, 3.05) is 20.3 Å². The number of aryl methyl sites for hydroxylation is 2. The predicted octanol–water partition coefficient (Wildman–Crippen LogP) is 3.14. The van der Waals surface area contributed by atoms with Crippen LogP contribution >= 0.6 is 0 Å². The summed E-state index contributed by atoms with van der Waals surface area (Å²) in [5.74, 6) is 0.903. The van der Waals surface area contributed by atoms with Gasteiger partial charge in [-0.1, -0.05) is 18.2 Å². The minimum Gasteiger partial charge on any atom is -0.497 e. The Morgan fingerprint density at radius 3 is 2.56 bits per heavy atom. The molecule has 0 aliphatic rings. The SMILES string of the molecule is COc1ccc(C(=O)NC(C)c2ccc(C)c(C)c2)c(OCCN)c1. The molecule has 0 heterocycles. The standard InChI is InChI=1S/C20H26N2O3/c1-13-5-6-16(11-14(13)2)15(3)22-20(23)18-8-7-17(24-4)12-19(18)25-10-9-21/h5-8,11-12,15H,9-10,21H2,1-4H3,(H,22,23). The van der Waals surface area contributed by atoms with E-state index < -0.39 is 0 Å². The van der Waals surface area contributed by atoms with Gasteiger partial charge in [-0.3, -0.25) is 4.79 Å². The minimum absolute atomic E-state index is 0.115. The first-order chi connectivity index (χ1) is 12.0. The Morgan fingerprint density at radius 2 is 1.92 bits per heavy atom. The third kappa shape index (κ3) is 4.73. The van der Waals surface area contributed by atoms with E-state index in [1.165, 1.54) is 11.1 Å². The maximum absolute atomic E-state index is 12.7. The molecule has 1 amide bonds. The van der Waals surface area contributed by atoms with Gasteiger partial charge in [0, 0.05) is 12.6 Å². The number of nitrogens with one attached hydrogen (secondary N) is 1.